The van der Waals surface area contributed by atoms with Crippen LogP contribution in [0.1, 0.15) is 32.8 Å². The lowest BCUT2D eigenvalue weighted by molar-refractivity contribution is -0.114. The summed E-state index contributed by atoms with van der Waals surface area (Å²) in [5.41, 5.74) is 2.05. The predicted octanol–water partition coefficient (Wildman–Crippen LogP) is 2.77. The summed E-state index contributed by atoms with van der Waals surface area (Å²) < 4.78 is 0. The number of rotatable bonds is 6. The van der Waals surface area contributed by atoms with Gasteiger partial charge in [-0.25, -0.2) is 0 Å². The molecule has 1 aromatic carbocycles. The molecule has 0 bridgehead atoms. The highest BCUT2D eigenvalue weighted by molar-refractivity contribution is 14.0. The zero-order valence-corrected chi connectivity index (χ0v) is 16.1. The summed E-state index contributed by atoms with van der Waals surface area (Å²) in [6.07, 6.45) is 1.97. The first kappa shape index (κ1) is 20.7. The van der Waals surface area contributed by atoms with Crippen LogP contribution in [-0.4, -0.2) is 31.5 Å². The quantitative estimate of drug-likeness (QED) is 0.378. The molecule has 1 unspecified atom stereocenters. The minimum Gasteiger partial charge on any atom is -0.356 e. The molecule has 1 rings (SSSR count). The van der Waals surface area contributed by atoms with Crippen LogP contribution < -0.4 is 16.0 Å². The lowest BCUT2D eigenvalue weighted by atomic mass is 10.1. The van der Waals surface area contributed by atoms with Gasteiger partial charge in [0.2, 0.25) is 5.91 Å². The van der Waals surface area contributed by atoms with Crippen molar-refractivity contribution in [1.29, 1.82) is 0 Å². The Balaban J connectivity index is 0.00000441. The van der Waals surface area contributed by atoms with Gasteiger partial charge in [0.1, 0.15) is 0 Å². The van der Waals surface area contributed by atoms with Gasteiger partial charge in [-0.1, -0.05) is 19.1 Å². The number of carbonyl (C=O) groups is 1. The van der Waals surface area contributed by atoms with Crippen LogP contribution in [0.25, 0.3) is 0 Å². The standard InChI is InChI=1S/C16H26N4O.HI/c1-5-12(2)19-16(17-4)18-11-10-14-6-8-15(9-7-14)20-13(3)21;/h6-9,12H,5,10-11H2,1-4H3,(H,20,21)(H2,17,18,19);1H. The van der Waals surface area contributed by atoms with Gasteiger partial charge in [0.05, 0.1) is 0 Å². The molecule has 0 aliphatic rings. The average Bonchev–Trinajstić information content (AvgIpc) is 2.47. The van der Waals surface area contributed by atoms with Gasteiger partial charge in [0.15, 0.2) is 5.96 Å². The molecule has 0 fully saturated rings. The van der Waals surface area contributed by atoms with Crippen molar-refractivity contribution in [2.75, 3.05) is 18.9 Å². The van der Waals surface area contributed by atoms with Crippen LogP contribution >= 0.6 is 24.0 Å². The van der Waals surface area contributed by atoms with E-state index in [0.717, 1.165) is 31.0 Å². The number of guanidine groups is 1. The van der Waals surface area contributed by atoms with E-state index in [4.69, 9.17) is 0 Å². The van der Waals surface area contributed by atoms with E-state index in [9.17, 15) is 4.79 Å². The number of anilines is 1. The summed E-state index contributed by atoms with van der Waals surface area (Å²) in [4.78, 5) is 15.2. The Bertz CT molecular complexity index is 474. The topological polar surface area (TPSA) is 65.5 Å². The van der Waals surface area contributed by atoms with E-state index in [0.29, 0.717) is 6.04 Å². The van der Waals surface area contributed by atoms with Gasteiger partial charge in [-0.05, 0) is 37.5 Å². The van der Waals surface area contributed by atoms with Gasteiger partial charge in [0.25, 0.3) is 0 Å². The van der Waals surface area contributed by atoms with E-state index >= 15 is 0 Å². The Morgan fingerprint density at radius 3 is 2.41 bits per heavy atom. The molecule has 0 spiro atoms. The number of halogens is 1. The lowest BCUT2D eigenvalue weighted by Crippen LogP contribution is -2.42. The number of amides is 1. The molecule has 5 nitrogen and oxygen atoms in total. The fourth-order valence-corrected chi connectivity index (χ4v) is 1.81. The van der Waals surface area contributed by atoms with Crippen LogP contribution in [0.4, 0.5) is 5.69 Å². The number of benzene rings is 1. The van der Waals surface area contributed by atoms with E-state index in [1.54, 1.807) is 7.05 Å². The Hall–Kier alpha value is -1.31. The zero-order chi connectivity index (χ0) is 15.7. The normalized spacial score (nSPS) is 12.1. The number of hydrogen-bond donors (Lipinski definition) is 3. The molecular weight excluding hydrogens is 391 g/mol. The highest BCUT2D eigenvalue weighted by Crippen LogP contribution is 2.09. The third kappa shape index (κ3) is 8.21. The molecule has 1 aromatic rings. The largest absolute Gasteiger partial charge is 0.356 e. The molecule has 1 atom stereocenters. The average molecular weight is 418 g/mol. The SMILES string of the molecule is CCC(C)NC(=NC)NCCc1ccc(NC(C)=O)cc1.I. The van der Waals surface area contributed by atoms with Gasteiger partial charge in [-0.3, -0.25) is 9.79 Å². The first-order valence-electron chi connectivity index (χ1n) is 7.38. The lowest BCUT2D eigenvalue weighted by Gasteiger charge is -2.16. The number of aliphatic imine (C=N–C) groups is 1. The van der Waals surface area contributed by atoms with E-state index in [-0.39, 0.29) is 29.9 Å². The van der Waals surface area contributed by atoms with E-state index in [1.807, 2.05) is 24.3 Å². The molecule has 0 aliphatic heterocycles. The van der Waals surface area contributed by atoms with Crippen molar-refractivity contribution in [2.45, 2.75) is 39.7 Å². The minimum atomic E-state index is -0.0515. The Morgan fingerprint density at radius 2 is 1.91 bits per heavy atom. The zero-order valence-electron chi connectivity index (χ0n) is 13.8. The van der Waals surface area contributed by atoms with Gasteiger partial charge in [0, 0.05) is 32.2 Å². The summed E-state index contributed by atoms with van der Waals surface area (Å²) in [6.45, 7) is 6.60. The fourth-order valence-electron chi connectivity index (χ4n) is 1.81. The number of carbonyl (C=O) groups excluding carboxylic acids is 1. The number of nitrogens with zero attached hydrogens (tertiary/aromatic N) is 1. The monoisotopic (exact) mass is 418 g/mol. The molecule has 0 saturated carbocycles. The summed E-state index contributed by atoms with van der Waals surface area (Å²) in [5.74, 6) is 0.781. The van der Waals surface area contributed by atoms with Crippen molar-refractivity contribution in [3.8, 4) is 0 Å². The Morgan fingerprint density at radius 1 is 1.27 bits per heavy atom. The van der Waals surface area contributed by atoms with Crippen molar-refractivity contribution in [3.63, 3.8) is 0 Å². The van der Waals surface area contributed by atoms with Crippen molar-refractivity contribution >= 4 is 41.5 Å². The second kappa shape index (κ2) is 11.3. The molecule has 1 amide bonds. The van der Waals surface area contributed by atoms with Crippen LogP contribution in [-0.2, 0) is 11.2 Å². The van der Waals surface area contributed by atoms with E-state index in [1.165, 1.54) is 12.5 Å². The Labute approximate surface area is 150 Å². The van der Waals surface area contributed by atoms with E-state index < -0.39 is 0 Å². The summed E-state index contributed by atoms with van der Waals surface area (Å²) >= 11 is 0. The Kier molecular flexibility index (Phi) is 10.6. The number of hydrogen-bond acceptors (Lipinski definition) is 2. The van der Waals surface area contributed by atoms with Crippen LogP contribution in [0, 0.1) is 0 Å². The predicted molar refractivity (Wildman–Crippen MR) is 104 cm³/mol. The van der Waals surface area contributed by atoms with Crippen molar-refractivity contribution < 1.29 is 4.79 Å². The van der Waals surface area contributed by atoms with Gasteiger partial charge in [-0.15, -0.1) is 24.0 Å². The molecule has 0 heterocycles. The second-order valence-corrected chi connectivity index (χ2v) is 5.08. The fraction of sp³-hybridized carbons (Fsp3) is 0.500. The molecule has 6 heteroatoms. The summed E-state index contributed by atoms with van der Waals surface area (Å²) in [6, 6.07) is 8.30. The molecule has 0 aromatic heterocycles. The molecule has 124 valence electrons. The van der Waals surface area contributed by atoms with Crippen LogP contribution in [0.5, 0.6) is 0 Å². The maximum atomic E-state index is 10.9. The summed E-state index contributed by atoms with van der Waals surface area (Å²) in [5, 5.41) is 9.38. The summed E-state index contributed by atoms with van der Waals surface area (Å²) in [7, 11) is 1.78. The maximum absolute atomic E-state index is 10.9. The highest BCUT2D eigenvalue weighted by Gasteiger charge is 2.02. The molecule has 0 saturated heterocycles. The minimum absolute atomic E-state index is 0. The highest BCUT2D eigenvalue weighted by atomic mass is 127. The van der Waals surface area contributed by atoms with Crippen molar-refractivity contribution in [1.82, 2.24) is 10.6 Å². The second-order valence-electron chi connectivity index (χ2n) is 5.08. The van der Waals surface area contributed by atoms with Crippen molar-refractivity contribution in [2.24, 2.45) is 4.99 Å². The first-order chi connectivity index (χ1) is 10.0. The van der Waals surface area contributed by atoms with Gasteiger partial charge in [-0.2, -0.15) is 0 Å². The molecule has 0 radical (unpaired) electrons. The van der Waals surface area contributed by atoms with Crippen molar-refractivity contribution in [3.05, 3.63) is 29.8 Å². The van der Waals surface area contributed by atoms with Crippen LogP contribution in [0.15, 0.2) is 29.3 Å². The first-order valence-corrected chi connectivity index (χ1v) is 7.38. The van der Waals surface area contributed by atoms with Crippen LogP contribution in [0.2, 0.25) is 0 Å². The van der Waals surface area contributed by atoms with Crippen LogP contribution in [0.3, 0.4) is 0 Å². The third-order valence-electron chi connectivity index (χ3n) is 3.20. The molecular formula is C16H27IN4O. The van der Waals surface area contributed by atoms with Gasteiger partial charge >= 0.3 is 0 Å². The molecule has 3 N–H and O–H groups in total. The smallest absolute Gasteiger partial charge is 0.221 e. The van der Waals surface area contributed by atoms with Gasteiger partial charge < -0.3 is 16.0 Å². The maximum Gasteiger partial charge on any atom is 0.221 e. The third-order valence-corrected chi connectivity index (χ3v) is 3.20. The number of nitrogens with one attached hydrogen (secondary N) is 3. The molecule has 0 aliphatic carbocycles. The van der Waals surface area contributed by atoms with E-state index in [2.05, 4.69) is 34.8 Å². The molecule has 22 heavy (non-hydrogen) atoms.